The van der Waals surface area contributed by atoms with Gasteiger partial charge in [-0.3, -0.25) is 4.68 Å². The van der Waals surface area contributed by atoms with Gasteiger partial charge >= 0.3 is 0 Å². The molecule has 0 radical (unpaired) electrons. The van der Waals surface area contributed by atoms with Gasteiger partial charge in [-0.1, -0.05) is 0 Å². The number of hydrogen-bond donors (Lipinski definition) is 0. The molecule has 0 aliphatic carbocycles. The molecule has 1 unspecified atom stereocenters. The fraction of sp³-hybridized carbons (Fsp3) is 0.700. The Bertz CT molecular complexity index is 272. The minimum absolute atomic E-state index is 0.435. The molecule has 0 bridgehead atoms. The molecule has 0 N–H and O–H groups in total. The summed E-state index contributed by atoms with van der Waals surface area (Å²) >= 11 is 5.78. The second kappa shape index (κ2) is 5.37. The van der Waals surface area contributed by atoms with Crippen LogP contribution in [0.2, 0.25) is 0 Å². The minimum Gasteiger partial charge on any atom is -0.302 e. The van der Waals surface area contributed by atoms with E-state index in [1.165, 1.54) is 5.69 Å². The van der Waals surface area contributed by atoms with Crippen LogP contribution >= 0.6 is 11.6 Å². The van der Waals surface area contributed by atoms with E-state index in [0.717, 1.165) is 13.0 Å². The standard InChI is InChI=1S/C10H18ClN3/c1-9(8-11)13(2)7-5-10-4-6-12-14(10)3/h4,6,9H,5,7-8H2,1-3H3. The van der Waals surface area contributed by atoms with E-state index < -0.39 is 0 Å². The lowest BCUT2D eigenvalue weighted by Gasteiger charge is -2.22. The van der Waals surface area contributed by atoms with E-state index in [0.29, 0.717) is 11.9 Å². The largest absolute Gasteiger partial charge is 0.302 e. The molecule has 0 aromatic carbocycles. The highest BCUT2D eigenvalue weighted by molar-refractivity contribution is 6.18. The molecule has 4 heteroatoms. The molecule has 0 spiro atoms. The summed E-state index contributed by atoms with van der Waals surface area (Å²) < 4.78 is 1.92. The first kappa shape index (κ1) is 11.5. The lowest BCUT2D eigenvalue weighted by molar-refractivity contribution is 0.278. The summed E-state index contributed by atoms with van der Waals surface area (Å²) in [5, 5.41) is 4.13. The van der Waals surface area contributed by atoms with Gasteiger partial charge in [-0.2, -0.15) is 5.10 Å². The number of hydrogen-bond acceptors (Lipinski definition) is 2. The Morgan fingerprint density at radius 3 is 2.86 bits per heavy atom. The van der Waals surface area contributed by atoms with Crippen molar-refractivity contribution in [2.45, 2.75) is 19.4 Å². The molecule has 3 nitrogen and oxygen atoms in total. The van der Waals surface area contributed by atoms with Crippen LogP contribution in [-0.4, -0.2) is 40.2 Å². The van der Waals surface area contributed by atoms with Crippen LogP contribution in [0, 0.1) is 0 Å². The highest BCUT2D eigenvalue weighted by atomic mass is 35.5. The molecule has 0 saturated heterocycles. The summed E-state index contributed by atoms with van der Waals surface area (Å²) in [5.41, 5.74) is 1.26. The van der Waals surface area contributed by atoms with Gasteiger partial charge in [-0.05, 0) is 20.0 Å². The summed E-state index contributed by atoms with van der Waals surface area (Å²) in [5.74, 6) is 0.682. The minimum atomic E-state index is 0.435. The van der Waals surface area contributed by atoms with Crippen LogP contribution in [0.5, 0.6) is 0 Å². The Hall–Kier alpha value is -0.540. The zero-order chi connectivity index (χ0) is 10.6. The molecule has 1 aromatic heterocycles. The van der Waals surface area contributed by atoms with E-state index in [4.69, 9.17) is 11.6 Å². The maximum absolute atomic E-state index is 5.78. The van der Waals surface area contributed by atoms with E-state index >= 15 is 0 Å². The Morgan fingerprint density at radius 1 is 1.64 bits per heavy atom. The molecule has 0 aliphatic heterocycles. The van der Waals surface area contributed by atoms with Crippen LogP contribution in [-0.2, 0) is 13.5 Å². The SMILES string of the molecule is CC(CCl)N(C)CCc1ccnn1C. The predicted octanol–water partition coefficient (Wildman–Crippen LogP) is 1.52. The fourth-order valence-corrected chi connectivity index (χ4v) is 1.51. The quantitative estimate of drug-likeness (QED) is 0.695. The number of rotatable bonds is 5. The molecule has 0 saturated carbocycles. The molecule has 0 fully saturated rings. The third-order valence-electron chi connectivity index (χ3n) is 2.62. The van der Waals surface area contributed by atoms with Gasteiger partial charge in [0, 0.05) is 43.8 Å². The molecule has 1 aromatic rings. The van der Waals surface area contributed by atoms with Crippen LogP contribution in [0.4, 0.5) is 0 Å². The van der Waals surface area contributed by atoms with Gasteiger partial charge in [-0.25, -0.2) is 0 Å². The molecule has 1 atom stereocenters. The molecule has 0 aliphatic rings. The van der Waals surface area contributed by atoms with E-state index in [1.54, 1.807) is 0 Å². The summed E-state index contributed by atoms with van der Waals surface area (Å²) in [6.07, 6.45) is 2.86. The van der Waals surface area contributed by atoms with E-state index in [9.17, 15) is 0 Å². The first-order valence-electron chi connectivity index (χ1n) is 4.88. The number of likely N-dealkylation sites (N-methyl/N-ethyl adjacent to an activating group) is 1. The van der Waals surface area contributed by atoms with Crippen molar-refractivity contribution >= 4 is 11.6 Å². The number of alkyl halides is 1. The molecule has 14 heavy (non-hydrogen) atoms. The van der Waals surface area contributed by atoms with Crippen molar-refractivity contribution in [3.63, 3.8) is 0 Å². The number of halogens is 1. The normalized spacial score (nSPS) is 13.5. The molecular weight excluding hydrogens is 198 g/mol. The van der Waals surface area contributed by atoms with Gasteiger partial charge in [0.25, 0.3) is 0 Å². The van der Waals surface area contributed by atoms with Crippen LogP contribution in [0.15, 0.2) is 12.3 Å². The molecule has 1 rings (SSSR count). The third kappa shape index (κ3) is 3.00. The highest BCUT2D eigenvalue weighted by Gasteiger charge is 2.08. The van der Waals surface area contributed by atoms with Crippen LogP contribution in [0.25, 0.3) is 0 Å². The molecule has 80 valence electrons. The van der Waals surface area contributed by atoms with Gasteiger partial charge < -0.3 is 4.90 Å². The first-order chi connectivity index (χ1) is 6.65. The van der Waals surface area contributed by atoms with Crippen molar-refractivity contribution in [3.05, 3.63) is 18.0 Å². The smallest absolute Gasteiger partial charge is 0.0492 e. The molecular formula is C10H18ClN3. The monoisotopic (exact) mass is 215 g/mol. The van der Waals surface area contributed by atoms with Gasteiger partial charge in [0.2, 0.25) is 0 Å². The molecule has 1 heterocycles. The van der Waals surface area contributed by atoms with Crippen molar-refractivity contribution in [3.8, 4) is 0 Å². The first-order valence-corrected chi connectivity index (χ1v) is 5.41. The summed E-state index contributed by atoms with van der Waals surface area (Å²) in [7, 11) is 4.07. The van der Waals surface area contributed by atoms with Crippen molar-refractivity contribution in [2.75, 3.05) is 19.5 Å². The second-order valence-corrected chi connectivity index (χ2v) is 3.99. The van der Waals surface area contributed by atoms with Gasteiger partial charge in [0.15, 0.2) is 0 Å². The maximum atomic E-state index is 5.78. The van der Waals surface area contributed by atoms with E-state index in [1.807, 2.05) is 17.9 Å². The zero-order valence-corrected chi connectivity index (χ0v) is 9.83. The van der Waals surface area contributed by atoms with E-state index in [2.05, 4.69) is 30.0 Å². The lowest BCUT2D eigenvalue weighted by Crippen LogP contribution is -2.32. The summed E-state index contributed by atoms with van der Waals surface area (Å²) in [4.78, 5) is 2.26. The third-order valence-corrected chi connectivity index (χ3v) is 3.07. The van der Waals surface area contributed by atoms with Crippen molar-refractivity contribution in [1.29, 1.82) is 0 Å². The average Bonchev–Trinajstić information content (AvgIpc) is 2.59. The maximum Gasteiger partial charge on any atom is 0.0492 e. The topological polar surface area (TPSA) is 21.1 Å². The van der Waals surface area contributed by atoms with E-state index in [-0.39, 0.29) is 0 Å². The van der Waals surface area contributed by atoms with Crippen molar-refractivity contribution in [1.82, 2.24) is 14.7 Å². The lowest BCUT2D eigenvalue weighted by atomic mass is 10.2. The van der Waals surface area contributed by atoms with Crippen molar-refractivity contribution in [2.24, 2.45) is 7.05 Å². The van der Waals surface area contributed by atoms with Crippen LogP contribution in [0.1, 0.15) is 12.6 Å². The Morgan fingerprint density at radius 2 is 2.36 bits per heavy atom. The van der Waals surface area contributed by atoms with Gasteiger partial charge in [-0.15, -0.1) is 11.6 Å². The second-order valence-electron chi connectivity index (χ2n) is 3.68. The van der Waals surface area contributed by atoms with Crippen LogP contribution < -0.4 is 0 Å². The zero-order valence-electron chi connectivity index (χ0n) is 9.07. The van der Waals surface area contributed by atoms with Crippen LogP contribution in [0.3, 0.4) is 0 Å². The Balaban J connectivity index is 2.37. The summed E-state index contributed by atoms with van der Waals surface area (Å²) in [6.45, 7) is 3.16. The number of aryl methyl sites for hydroxylation is 1. The van der Waals surface area contributed by atoms with Crippen molar-refractivity contribution < 1.29 is 0 Å². The number of aromatic nitrogens is 2. The van der Waals surface area contributed by atoms with Gasteiger partial charge in [0.1, 0.15) is 0 Å². The number of nitrogens with zero attached hydrogens (tertiary/aromatic N) is 3. The highest BCUT2D eigenvalue weighted by Crippen LogP contribution is 2.02. The summed E-state index contributed by atoms with van der Waals surface area (Å²) in [6, 6.07) is 2.49. The Kier molecular flexibility index (Phi) is 4.42. The fourth-order valence-electron chi connectivity index (χ4n) is 1.28. The average molecular weight is 216 g/mol. The Labute approximate surface area is 90.7 Å². The predicted molar refractivity (Wildman–Crippen MR) is 59.7 cm³/mol. The van der Waals surface area contributed by atoms with Gasteiger partial charge in [0.05, 0.1) is 0 Å². The molecule has 0 amide bonds.